The normalized spacial score (nSPS) is 10.7. The minimum Gasteiger partial charge on any atom is -0.370 e. The third kappa shape index (κ3) is 11.0. The molecule has 0 aromatic carbocycles. The molecule has 13 heteroatoms. The van der Waals surface area contributed by atoms with E-state index in [1.165, 1.54) is 0 Å². The molecule has 27 heavy (non-hydrogen) atoms. The van der Waals surface area contributed by atoms with Crippen molar-refractivity contribution in [1.82, 2.24) is 15.3 Å². The van der Waals surface area contributed by atoms with E-state index >= 15 is 0 Å². The molecule has 1 heterocycles. The topological polar surface area (TPSA) is 258 Å². The van der Waals surface area contributed by atoms with Gasteiger partial charge in [-0.05, 0) is 12.8 Å². The number of aliphatic imine (C=N–C) groups is 1. The summed E-state index contributed by atoms with van der Waals surface area (Å²) in [7, 11) is 0. The summed E-state index contributed by atoms with van der Waals surface area (Å²) in [5.41, 5.74) is 30.9. The van der Waals surface area contributed by atoms with Gasteiger partial charge in [-0.3, -0.25) is 19.4 Å². The Morgan fingerprint density at radius 1 is 1.04 bits per heavy atom. The van der Waals surface area contributed by atoms with Gasteiger partial charge in [0, 0.05) is 19.6 Å². The zero-order valence-electron chi connectivity index (χ0n) is 14.8. The lowest BCUT2D eigenvalue weighted by atomic mass is 10.1. The molecule has 13 N–H and O–H groups in total. The van der Waals surface area contributed by atoms with Crippen molar-refractivity contribution in [3.05, 3.63) is 23.8 Å². The zero-order valence-corrected chi connectivity index (χ0v) is 14.8. The fourth-order valence-corrected chi connectivity index (χ4v) is 1.56. The van der Waals surface area contributed by atoms with Gasteiger partial charge in [0.25, 0.3) is 11.8 Å². The van der Waals surface area contributed by atoms with Crippen molar-refractivity contribution in [3.63, 3.8) is 0 Å². The summed E-state index contributed by atoms with van der Waals surface area (Å²) in [6.45, 7) is 1.34. The molecule has 0 aliphatic heterocycles. The number of nitrogens with one attached hydrogen (secondary N) is 1. The first kappa shape index (κ1) is 23.7. The predicted molar refractivity (Wildman–Crippen MR) is 99.0 cm³/mol. The highest BCUT2D eigenvalue weighted by Gasteiger charge is 2.11. The van der Waals surface area contributed by atoms with E-state index in [1.54, 1.807) is 0 Å². The molecule has 0 radical (unpaired) electrons. The van der Waals surface area contributed by atoms with Gasteiger partial charge >= 0.3 is 0 Å². The lowest BCUT2D eigenvalue weighted by Gasteiger charge is -2.10. The van der Waals surface area contributed by atoms with E-state index < -0.39 is 17.9 Å². The van der Waals surface area contributed by atoms with Gasteiger partial charge in [0.2, 0.25) is 5.91 Å². The van der Waals surface area contributed by atoms with E-state index in [0.29, 0.717) is 32.5 Å². The van der Waals surface area contributed by atoms with Crippen LogP contribution in [0, 0.1) is 0 Å². The number of amides is 3. The van der Waals surface area contributed by atoms with Crippen molar-refractivity contribution in [1.29, 1.82) is 0 Å². The first-order valence-corrected chi connectivity index (χ1v) is 7.89. The van der Waals surface area contributed by atoms with Crippen molar-refractivity contribution in [3.8, 4) is 0 Å². The molecule has 150 valence electrons. The van der Waals surface area contributed by atoms with E-state index in [1.807, 2.05) is 0 Å². The minimum absolute atomic E-state index is 0.000000000000000222. The number of hydrogen-bond acceptors (Lipinski definition) is 8. The van der Waals surface area contributed by atoms with E-state index in [4.69, 9.17) is 34.4 Å². The van der Waals surface area contributed by atoms with Crippen molar-refractivity contribution in [2.75, 3.05) is 19.6 Å². The van der Waals surface area contributed by atoms with Crippen molar-refractivity contribution >= 4 is 23.7 Å². The summed E-state index contributed by atoms with van der Waals surface area (Å²) in [5, 5.41) is 2.61. The number of primary amides is 2. The average Bonchev–Trinajstić information content (AvgIpc) is 2.63. The molecule has 0 aliphatic rings. The Kier molecular flexibility index (Phi) is 11.4. The predicted octanol–water partition coefficient (Wildman–Crippen LogP) is -3.88. The molecule has 1 atom stereocenters. The summed E-state index contributed by atoms with van der Waals surface area (Å²) in [5.74, 6) is -1.53. The second-order valence-corrected chi connectivity index (χ2v) is 5.15. The number of nitrogens with two attached hydrogens (primary N) is 6. The molecular weight excluding hydrogens is 356 g/mol. The number of aromatic nitrogens is 2. The van der Waals surface area contributed by atoms with E-state index in [0.717, 1.165) is 12.4 Å². The summed E-state index contributed by atoms with van der Waals surface area (Å²) in [6, 6.07) is -0.522. The molecule has 1 rings (SSSR count). The lowest BCUT2D eigenvalue weighted by Crippen LogP contribution is -2.42. The lowest BCUT2D eigenvalue weighted by molar-refractivity contribution is -0.122. The molecule has 0 spiro atoms. The Morgan fingerprint density at radius 2 is 1.56 bits per heavy atom. The van der Waals surface area contributed by atoms with Gasteiger partial charge in [0.1, 0.15) is 11.4 Å². The molecule has 0 bridgehead atoms. The fraction of sp³-hybridized carbons (Fsp3) is 0.429. The molecular formula is C14H26N10O3. The Hall–Kier alpha value is -3.32. The monoisotopic (exact) mass is 382 g/mol. The second kappa shape index (κ2) is 13.0. The van der Waals surface area contributed by atoms with Crippen LogP contribution in [0.5, 0.6) is 0 Å². The number of carbonyl (C=O) groups excluding carboxylic acids is 3. The van der Waals surface area contributed by atoms with Crippen LogP contribution in [-0.4, -0.2) is 59.3 Å². The van der Waals surface area contributed by atoms with Crippen molar-refractivity contribution in [2.45, 2.75) is 18.9 Å². The highest BCUT2D eigenvalue weighted by molar-refractivity contribution is 5.92. The highest BCUT2D eigenvalue weighted by atomic mass is 16.2. The van der Waals surface area contributed by atoms with Crippen LogP contribution in [0.4, 0.5) is 0 Å². The van der Waals surface area contributed by atoms with Gasteiger partial charge in [-0.2, -0.15) is 0 Å². The van der Waals surface area contributed by atoms with Crippen LogP contribution < -0.4 is 39.7 Å². The second-order valence-electron chi connectivity index (χ2n) is 5.15. The molecule has 3 amide bonds. The minimum atomic E-state index is -0.696. The van der Waals surface area contributed by atoms with Crippen LogP contribution in [0.2, 0.25) is 0 Å². The number of carbonyl (C=O) groups is 3. The van der Waals surface area contributed by atoms with E-state index in [2.05, 4.69) is 20.3 Å². The molecule has 0 unspecified atom stereocenters. The SMILES string of the molecule is NC(=O)c1cnc(C(N)=O)cn1.NCCNC(=O)[C@@H](N)CCCN=C(N)N. The van der Waals surface area contributed by atoms with Crippen molar-refractivity contribution < 1.29 is 14.4 Å². The van der Waals surface area contributed by atoms with Crippen LogP contribution in [0.1, 0.15) is 33.8 Å². The summed E-state index contributed by atoms with van der Waals surface area (Å²) < 4.78 is 0. The summed E-state index contributed by atoms with van der Waals surface area (Å²) in [4.78, 5) is 43.1. The molecule has 0 saturated carbocycles. The Bertz CT molecular complexity index is 610. The van der Waals surface area contributed by atoms with Crippen LogP contribution >= 0.6 is 0 Å². The van der Waals surface area contributed by atoms with Crippen LogP contribution in [-0.2, 0) is 4.79 Å². The zero-order chi connectivity index (χ0) is 20.8. The number of guanidine groups is 1. The smallest absolute Gasteiger partial charge is 0.268 e. The van der Waals surface area contributed by atoms with Gasteiger partial charge in [0.15, 0.2) is 5.96 Å². The first-order valence-electron chi connectivity index (χ1n) is 7.89. The Labute approximate surface area is 155 Å². The number of nitrogens with zero attached hydrogens (tertiary/aromatic N) is 3. The van der Waals surface area contributed by atoms with Gasteiger partial charge in [-0.25, -0.2) is 9.97 Å². The van der Waals surface area contributed by atoms with E-state index in [9.17, 15) is 14.4 Å². The molecule has 1 aromatic rings. The Balaban J connectivity index is 0.000000511. The number of rotatable bonds is 9. The fourth-order valence-electron chi connectivity index (χ4n) is 1.56. The van der Waals surface area contributed by atoms with Gasteiger partial charge in [-0.15, -0.1) is 0 Å². The maximum atomic E-state index is 11.3. The third-order valence-corrected chi connectivity index (χ3v) is 2.90. The molecule has 0 fully saturated rings. The molecule has 1 aromatic heterocycles. The Morgan fingerprint density at radius 3 is 1.93 bits per heavy atom. The van der Waals surface area contributed by atoms with Crippen LogP contribution in [0.15, 0.2) is 17.4 Å². The molecule has 0 saturated heterocycles. The van der Waals surface area contributed by atoms with Crippen LogP contribution in [0.3, 0.4) is 0 Å². The summed E-state index contributed by atoms with van der Waals surface area (Å²) in [6.07, 6.45) is 3.42. The van der Waals surface area contributed by atoms with Gasteiger partial charge in [-0.1, -0.05) is 0 Å². The maximum Gasteiger partial charge on any atom is 0.268 e. The largest absolute Gasteiger partial charge is 0.370 e. The standard InChI is InChI=1S/C8H20N6O.C6H6N4O2/c9-3-5-13-7(15)6(10)2-1-4-14-8(11)12;7-5(11)3-1-9-4(2-10-3)6(8)12/h6H,1-5,9-10H2,(H,13,15)(H4,11,12,14);1-2H,(H2,7,11)(H2,8,12)/t6-;/m0./s1. The van der Waals surface area contributed by atoms with Gasteiger partial charge in [0.05, 0.1) is 18.4 Å². The van der Waals surface area contributed by atoms with Crippen LogP contribution in [0.25, 0.3) is 0 Å². The average molecular weight is 382 g/mol. The van der Waals surface area contributed by atoms with Crippen molar-refractivity contribution in [2.24, 2.45) is 39.4 Å². The highest BCUT2D eigenvalue weighted by Crippen LogP contribution is 1.95. The number of hydrogen-bond donors (Lipinski definition) is 7. The molecule has 13 nitrogen and oxygen atoms in total. The quantitative estimate of drug-likeness (QED) is 0.125. The van der Waals surface area contributed by atoms with E-state index in [-0.39, 0.29) is 23.3 Å². The molecule has 0 aliphatic carbocycles. The maximum absolute atomic E-state index is 11.3. The van der Waals surface area contributed by atoms with Gasteiger partial charge < -0.3 is 39.7 Å². The summed E-state index contributed by atoms with van der Waals surface area (Å²) >= 11 is 0. The first-order chi connectivity index (χ1) is 12.7. The third-order valence-electron chi connectivity index (χ3n) is 2.90.